The minimum atomic E-state index is -4.71. The Morgan fingerprint density at radius 3 is 2.14 bits per heavy atom. The van der Waals surface area contributed by atoms with E-state index in [9.17, 15) is 40.7 Å². The predicted molar refractivity (Wildman–Crippen MR) is 140 cm³/mol. The highest BCUT2D eigenvalue weighted by atomic mass is 32.1. The molecule has 0 saturated heterocycles. The van der Waals surface area contributed by atoms with Crippen molar-refractivity contribution in [3.8, 4) is 11.3 Å². The first-order valence-corrected chi connectivity index (χ1v) is 13.2. The molecule has 1 N–H and O–H groups in total. The highest BCUT2D eigenvalue weighted by Crippen LogP contribution is 2.38. The van der Waals surface area contributed by atoms with E-state index in [2.05, 4.69) is 10.4 Å². The van der Waals surface area contributed by atoms with Gasteiger partial charge in [0.05, 0.1) is 39.5 Å². The van der Waals surface area contributed by atoms with E-state index in [1.807, 2.05) is 0 Å². The molecule has 0 spiro atoms. The van der Waals surface area contributed by atoms with Crippen molar-refractivity contribution in [3.05, 3.63) is 98.9 Å². The molecule has 1 aliphatic rings. The van der Waals surface area contributed by atoms with Gasteiger partial charge in [0.15, 0.2) is 0 Å². The second-order valence-corrected chi connectivity index (χ2v) is 10.4. The zero-order chi connectivity index (χ0) is 30.4. The molecular formula is C28H20F6N4O3S. The molecule has 0 fully saturated rings. The number of nitrogens with zero attached hydrogens (tertiary/aromatic N) is 3. The fraction of sp³-hybridized carbons (Fsp3) is 0.214. The fourth-order valence-corrected chi connectivity index (χ4v) is 5.64. The lowest BCUT2D eigenvalue weighted by molar-refractivity contribution is -0.138. The molecule has 0 unspecified atom stereocenters. The third kappa shape index (κ3) is 5.53. The second-order valence-electron chi connectivity index (χ2n) is 9.52. The normalized spacial score (nSPS) is 14.3. The molecule has 14 heteroatoms. The van der Waals surface area contributed by atoms with E-state index in [0.29, 0.717) is 6.20 Å². The van der Waals surface area contributed by atoms with Crippen molar-refractivity contribution in [3.63, 3.8) is 0 Å². The summed E-state index contributed by atoms with van der Waals surface area (Å²) in [7, 11) is 1.32. The molecule has 0 saturated carbocycles. The number of nitrogens with one attached hydrogen (secondary N) is 1. The van der Waals surface area contributed by atoms with Crippen LogP contribution in [0.25, 0.3) is 11.3 Å². The van der Waals surface area contributed by atoms with Crippen molar-refractivity contribution in [2.75, 3.05) is 6.54 Å². The summed E-state index contributed by atoms with van der Waals surface area (Å²) in [6, 6.07) is 10.8. The molecule has 5 rings (SSSR count). The molecule has 1 atom stereocenters. The summed E-state index contributed by atoms with van der Waals surface area (Å²) < 4.78 is 82.7. The van der Waals surface area contributed by atoms with E-state index in [1.54, 1.807) is 12.1 Å². The van der Waals surface area contributed by atoms with Crippen LogP contribution in [0.2, 0.25) is 0 Å². The topological polar surface area (TPSA) is 84.3 Å². The molecule has 42 heavy (non-hydrogen) atoms. The summed E-state index contributed by atoms with van der Waals surface area (Å²) in [6.45, 7) is -0.442. The van der Waals surface area contributed by atoms with Crippen LogP contribution in [0.15, 0.2) is 66.2 Å². The molecule has 3 heterocycles. The van der Waals surface area contributed by atoms with E-state index in [0.717, 1.165) is 27.0 Å². The van der Waals surface area contributed by atoms with E-state index in [4.69, 9.17) is 0 Å². The molecule has 2 aromatic carbocycles. The Balaban J connectivity index is 1.45. The molecule has 218 valence electrons. The van der Waals surface area contributed by atoms with Crippen LogP contribution in [0.4, 0.5) is 26.3 Å². The summed E-state index contributed by atoms with van der Waals surface area (Å²) in [5.41, 5.74) is -2.06. The van der Waals surface area contributed by atoms with Crippen molar-refractivity contribution >= 4 is 29.1 Å². The van der Waals surface area contributed by atoms with Crippen molar-refractivity contribution in [1.29, 1.82) is 0 Å². The number of hydrogen-bond donors (Lipinski definition) is 1. The number of imide groups is 1. The van der Waals surface area contributed by atoms with Gasteiger partial charge >= 0.3 is 12.4 Å². The lowest BCUT2D eigenvalue weighted by Crippen LogP contribution is -2.47. The summed E-state index contributed by atoms with van der Waals surface area (Å²) in [6.07, 6.45) is -9.13. The number of halogens is 6. The van der Waals surface area contributed by atoms with Crippen LogP contribution in [0.1, 0.15) is 47.1 Å². The van der Waals surface area contributed by atoms with Gasteiger partial charge in [0.1, 0.15) is 5.56 Å². The molecule has 4 aromatic rings. The number of aryl methyl sites for hydroxylation is 1. The van der Waals surface area contributed by atoms with Gasteiger partial charge in [-0.05, 0) is 36.2 Å². The number of aromatic nitrogens is 2. The van der Waals surface area contributed by atoms with Crippen molar-refractivity contribution < 1.29 is 40.7 Å². The number of thiophene rings is 1. The SMILES string of the molecule is Cn1ncc(C(F)(F)F)c1-c1csc(C(=O)N[C@@H](Cc2ccccc2C(F)(F)F)CN2C(=O)c3ccccc3C2=O)c1. The van der Waals surface area contributed by atoms with Gasteiger partial charge in [0, 0.05) is 24.5 Å². The summed E-state index contributed by atoms with van der Waals surface area (Å²) in [5.74, 6) is -2.12. The molecule has 2 aromatic heterocycles. The van der Waals surface area contributed by atoms with Gasteiger partial charge < -0.3 is 5.32 Å². The predicted octanol–water partition coefficient (Wildman–Crippen LogP) is 5.82. The lowest BCUT2D eigenvalue weighted by atomic mass is 9.99. The summed E-state index contributed by atoms with van der Waals surface area (Å²) in [5, 5.41) is 7.58. The Morgan fingerprint density at radius 1 is 0.929 bits per heavy atom. The van der Waals surface area contributed by atoms with Crippen molar-refractivity contribution in [2.45, 2.75) is 24.8 Å². The average molecular weight is 607 g/mol. The molecule has 7 nitrogen and oxygen atoms in total. The first-order valence-electron chi connectivity index (χ1n) is 12.3. The minimum Gasteiger partial charge on any atom is -0.346 e. The second kappa shape index (κ2) is 10.7. The van der Waals surface area contributed by atoms with Gasteiger partial charge in [-0.3, -0.25) is 24.0 Å². The molecule has 1 aliphatic heterocycles. The third-order valence-electron chi connectivity index (χ3n) is 6.75. The van der Waals surface area contributed by atoms with Gasteiger partial charge in [0.25, 0.3) is 17.7 Å². The molecule has 0 radical (unpaired) electrons. The molecule has 3 amide bonds. The van der Waals surface area contributed by atoms with Crippen LogP contribution in [-0.2, 0) is 25.8 Å². The first-order chi connectivity index (χ1) is 19.8. The number of benzene rings is 2. The van der Waals surface area contributed by atoms with Crippen LogP contribution in [0, 0.1) is 0 Å². The van der Waals surface area contributed by atoms with Crippen LogP contribution < -0.4 is 5.32 Å². The number of carbonyl (C=O) groups excluding carboxylic acids is 3. The van der Waals surface area contributed by atoms with Gasteiger partial charge in [-0.2, -0.15) is 31.4 Å². The maximum absolute atomic E-state index is 13.7. The zero-order valence-corrected chi connectivity index (χ0v) is 22.4. The third-order valence-corrected chi connectivity index (χ3v) is 7.68. The van der Waals surface area contributed by atoms with Crippen LogP contribution in [-0.4, -0.2) is 45.0 Å². The minimum absolute atomic E-state index is 0.0317. The standard InChI is InChI=1S/C28H20F6N4O3S/c1-37-23(21(12-35-37)28(32,33)34)16-11-22(42-14-16)24(39)36-17(10-15-6-2-5-9-20(15)27(29,30)31)13-38-25(40)18-7-3-4-8-19(18)26(38)41/h2-9,11-12,14,17H,10,13H2,1H3,(H,36,39)/t17-/m0/s1. The Hall–Kier alpha value is -4.46. The van der Waals surface area contributed by atoms with Gasteiger partial charge in [0.2, 0.25) is 0 Å². The largest absolute Gasteiger partial charge is 0.420 e. The highest BCUT2D eigenvalue weighted by Gasteiger charge is 2.39. The average Bonchev–Trinajstić information content (AvgIpc) is 3.62. The number of alkyl halides is 6. The Kier molecular flexibility index (Phi) is 7.43. The van der Waals surface area contributed by atoms with Gasteiger partial charge in [-0.15, -0.1) is 11.3 Å². The molecule has 0 bridgehead atoms. The number of fused-ring (bicyclic) bond motifs is 1. The number of hydrogen-bond acceptors (Lipinski definition) is 5. The number of carbonyl (C=O) groups is 3. The van der Waals surface area contributed by atoms with E-state index >= 15 is 0 Å². The smallest absolute Gasteiger partial charge is 0.346 e. The maximum atomic E-state index is 13.7. The van der Waals surface area contributed by atoms with Gasteiger partial charge in [-0.25, -0.2) is 0 Å². The van der Waals surface area contributed by atoms with E-state index < -0.39 is 60.2 Å². The van der Waals surface area contributed by atoms with Crippen molar-refractivity contribution in [1.82, 2.24) is 20.0 Å². The van der Waals surface area contributed by atoms with Crippen LogP contribution in [0.5, 0.6) is 0 Å². The zero-order valence-electron chi connectivity index (χ0n) is 21.6. The monoisotopic (exact) mass is 606 g/mol. The summed E-state index contributed by atoms with van der Waals surface area (Å²) in [4.78, 5) is 40.0. The highest BCUT2D eigenvalue weighted by molar-refractivity contribution is 7.12. The van der Waals surface area contributed by atoms with Gasteiger partial charge in [-0.1, -0.05) is 30.3 Å². The fourth-order valence-electron chi connectivity index (χ4n) is 4.85. The van der Waals surface area contributed by atoms with Crippen LogP contribution >= 0.6 is 11.3 Å². The Labute approximate surface area is 238 Å². The molecular weight excluding hydrogens is 586 g/mol. The van der Waals surface area contributed by atoms with Crippen molar-refractivity contribution in [2.24, 2.45) is 7.05 Å². The first kappa shape index (κ1) is 29.0. The van der Waals surface area contributed by atoms with Crippen LogP contribution in [0.3, 0.4) is 0 Å². The number of rotatable bonds is 7. The van der Waals surface area contributed by atoms with E-state index in [-0.39, 0.29) is 32.8 Å². The Bertz CT molecular complexity index is 1660. The number of amides is 3. The molecule has 0 aliphatic carbocycles. The van der Waals surface area contributed by atoms with E-state index in [1.165, 1.54) is 48.8 Å². The maximum Gasteiger partial charge on any atom is 0.420 e. The lowest BCUT2D eigenvalue weighted by Gasteiger charge is -2.25. The summed E-state index contributed by atoms with van der Waals surface area (Å²) >= 11 is 0.825. The Morgan fingerprint density at radius 2 is 1.52 bits per heavy atom. The quantitative estimate of drug-likeness (QED) is 0.212.